The number of methoxy groups -OCH3 is 1. The second kappa shape index (κ2) is 6.37. The molecular formula is C16H18N2O2S. The first-order valence-electron chi connectivity index (χ1n) is 7.07. The Kier molecular flexibility index (Phi) is 4.31. The molecule has 1 saturated carbocycles. The van der Waals surface area contributed by atoms with E-state index in [0.717, 1.165) is 23.4 Å². The Morgan fingerprint density at radius 3 is 2.71 bits per heavy atom. The van der Waals surface area contributed by atoms with Gasteiger partial charge in [-0.05, 0) is 24.3 Å². The number of hydrogen-bond donors (Lipinski definition) is 1. The van der Waals surface area contributed by atoms with Crippen LogP contribution in [0.4, 0.5) is 0 Å². The molecule has 1 aliphatic rings. The summed E-state index contributed by atoms with van der Waals surface area (Å²) in [5.41, 5.74) is 0.867. The predicted molar refractivity (Wildman–Crippen MR) is 81.9 cm³/mol. The van der Waals surface area contributed by atoms with Gasteiger partial charge in [-0.3, -0.25) is 4.79 Å². The van der Waals surface area contributed by atoms with E-state index in [0.29, 0.717) is 5.92 Å². The van der Waals surface area contributed by atoms with Gasteiger partial charge in [0.2, 0.25) is 0 Å². The third-order valence-electron chi connectivity index (χ3n) is 3.68. The van der Waals surface area contributed by atoms with Gasteiger partial charge in [-0.25, -0.2) is 4.98 Å². The lowest BCUT2D eigenvalue weighted by molar-refractivity contribution is -0.132. The van der Waals surface area contributed by atoms with E-state index in [-0.39, 0.29) is 11.9 Å². The van der Waals surface area contributed by atoms with Crippen molar-refractivity contribution in [3.63, 3.8) is 0 Å². The number of ether oxygens (including phenoxy) is 1. The Balaban J connectivity index is 1.74. The summed E-state index contributed by atoms with van der Waals surface area (Å²) in [7, 11) is 1.56. The van der Waals surface area contributed by atoms with E-state index >= 15 is 0 Å². The fraction of sp³-hybridized carbons (Fsp3) is 0.375. The molecule has 21 heavy (non-hydrogen) atoms. The molecule has 2 atom stereocenters. The average Bonchev–Trinajstić information content (AvgIpc) is 3.21. The summed E-state index contributed by atoms with van der Waals surface area (Å²) in [6.45, 7) is 0. The highest BCUT2D eigenvalue weighted by Gasteiger charge is 2.36. The monoisotopic (exact) mass is 302 g/mol. The molecule has 2 aromatic rings. The van der Waals surface area contributed by atoms with Gasteiger partial charge in [0.1, 0.15) is 5.01 Å². The number of carbonyl (C=O) groups excluding carboxylic acids is 1. The van der Waals surface area contributed by atoms with Gasteiger partial charge in [0.25, 0.3) is 5.91 Å². The maximum Gasteiger partial charge on any atom is 0.254 e. The lowest BCUT2D eigenvalue weighted by Gasteiger charge is -2.20. The van der Waals surface area contributed by atoms with Gasteiger partial charge in [0.05, 0.1) is 6.04 Å². The maximum absolute atomic E-state index is 12.6. The first kappa shape index (κ1) is 14.2. The van der Waals surface area contributed by atoms with Crippen molar-refractivity contribution in [1.29, 1.82) is 0 Å². The fourth-order valence-electron chi connectivity index (χ4n) is 2.45. The molecule has 5 heteroatoms. The predicted octanol–water partition coefficient (Wildman–Crippen LogP) is 3.10. The Hall–Kier alpha value is -1.72. The molecule has 0 spiro atoms. The number of nitrogens with one attached hydrogen (secondary N) is 1. The number of benzene rings is 1. The third-order valence-corrected chi connectivity index (χ3v) is 4.54. The van der Waals surface area contributed by atoms with Crippen LogP contribution in [-0.4, -0.2) is 18.0 Å². The minimum Gasteiger partial charge on any atom is -0.367 e. The molecule has 4 nitrogen and oxygen atoms in total. The van der Waals surface area contributed by atoms with Crippen LogP contribution in [0.3, 0.4) is 0 Å². The Labute approximate surface area is 128 Å². The second-order valence-corrected chi connectivity index (χ2v) is 6.15. The minimum absolute atomic E-state index is 0.0128. The normalized spacial score (nSPS) is 17.2. The Morgan fingerprint density at radius 1 is 1.38 bits per heavy atom. The lowest BCUT2D eigenvalue weighted by atomic mass is 10.1. The molecule has 0 aliphatic heterocycles. The van der Waals surface area contributed by atoms with Gasteiger partial charge >= 0.3 is 0 Å². The molecule has 1 N–H and O–H groups in total. The summed E-state index contributed by atoms with van der Waals surface area (Å²) in [6.07, 6.45) is 3.50. The fourth-order valence-corrected chi connectivity index (χ4v) is 3.23. The van der Waals surface area contributed by atoms with Crippen LogP contribution in [0, 0.1) is 5.92 Å². The third kappa shape index (κ3) is 3.31. The molecule has 1 amide bonds. The standard InChI is InChI=1S/C16H18N2O2S/c1-20-14(12-5-3-2-4-6-12)15(19)18-13(11-7-8-11)16-17-9-10-21-16/h2-6,9-11,13-14H,7-8H2,1H3,(H,18,19)/t13-,14+/m0/s1. The highest BCUT2D eigenvalue weighted by Crippen LogP contribution is 2.41. The molecule has 1 aromatic carbocycles. The van der Waals surface area contributed by atoms with Crippen molar-refractivity contribution in [2.75, 3.05) is 7.11 Å². The zero-order valence-corrected chi connectivity index (χ0v) is 12.7. The molecule has 110 valence electrons. The van der Waals surface area contributed by atoms with Gasteiger partial charge in [0.15, 0.2) is 6.10 Å². The molecule has 1 heterocycles. The van der Waals surface area contributed by atoms with Gasteiger partial charge in [-0.15, -0.1) is 11.3 Å². The number of hydrogen-bond acceptors (Lipinski definition) is 4. The van der Waals surface area contributed by atoms with Crippen LogP contribution in [0.25, 0.3) is 0 Å². The summed E-state index contributed by atoms with van der Waals surface area (Å²) in [5.74, 6) is 0.407. The quantitative estimate of drug-likeness (QED) is 0.892. The smallest absolute Gasteiger partial charge is 0.254 e. The van der Waals surface area contributed by atoms with E-state index in [2.05, 4.69) is 10.3 Å². The number of thiazole rings is 1. The van der Waals surface area contributed by atoms with Crippen molar-refractivity contribution in [3.8, 4) is 0 Å². The van der Waals surface area contributed by atoms with Crippen molar-refractivity contribution >= 4 is 17.2 Å². The molecule has 0 bridgehead atoms. The van der Waals surface area contributed by atoms with Crippen LogP contribution in [-0.2, 0) is 9.53 Å². The van der Waals surface area contributed by atoms with E-state index in [1.807, 2.05) is 35.7 Å². The summed E-state index contributed by atoms with van der Waals surface area (Å²) in [4.78, 5) is 16.9. The van der Waals surface area contributed by atoms with Crippen LogP contribution in [0.2, 0.25) is 0 Å². The second-order valence-electron chi connectivity index (χ2n) is 5.22. The van der Waals surface area contributed by atoms with Crippen molar-refractivity contribution in [3.05, 3.63) is 52.5 Å². The zero-order valence-electron chi connectivity index (χ0n) is 11.9. The SMILES string of the molecule is CO[C@@H](C(=O)N[C@H](c1nccs1)C1CC1)c1ccccc1. The van der Waals surface area contributed by atoms with Crippen molar-refractivity contribution < 1.29 is 9.53 Å². The van der Waals surface area contributed by atoms with Crippen LogP contribution < -0.4 is 5.32 Å². The van der Waals surface area contributed by atoms with E-state index in [4.69, 9.17) is 4.74 Å². The van der Waals surface area contributed by atoms with E-state index < -0.39 is 6.10 Å². The van der Waals surface area contributed by atoms with Crippen molar-refractivity contribution in [2.45, 2.75) is 25.0 Å². The van der Waals surface area contributed by atoms with Crippen molar-refractivity contribution in [2.24, 2.45) is 5.92 Å². The van der Waals surface area contributed by atoms with E-state index in [1.165, 1.54) is 0 Å². The number of rotatable bonds is 6. The van der Waals surface area contributed by atoms with Gasteiger partial charge in [-0.1, -0.05) is 30.3 Å². The molecule has 3 rings (SSSR count). The number of nitrogens with zero attached hydrogens (tertiary/aromatic N) is 1. The van der Waals surface area contributed by atoms with Crippen LogP contribution in [0.1, 0.15) is 35.6 Å². The molecule has 0 radical (unpaired) electrons. The molecule has 1 aliphatic carbocycles. The molecule has 1 aromatic heterocycles. The number of amides is 1. The zero-order chi connectivity index (χ0) is 14.7. The molecule has 0 unspecified atom stereocenters. The van der Waals surface area contributed by atoms with Crippen molar-refractivity contribution in [1.82, 2.24) is 10.3 Å². The number of aromatic nitrogens is 1. The highest BCUT2D eigenvalue weighted by molar-refractivity contribution is 7.09. The maximum atomic E-state index is 12.6. The van der Waals surface area contributed by atoms with E-state index in [1.54, 1.807) is 24.6 Å². The highest BCUT2D eigenvalue weighted by atomic mass is 32.1. The van der Waals surface area contributed by atoms with Crippen LogP contribution in [0.15, 0.2) is 41.9 Å². The molecule has 1 fully saturated rings. The molecule has 0 saturated heterocycles. The first-order chi connectivity index (χ1) is 10.3. The first-order valence-corrected chi connectivity index (χ1v) is 7.95. The van der Waals surface area contributed by atoms with Gasteiger partial charge in [-0.2, -0.15) is 0 Å². The van der Waals surface area contributed by atoms with Crippen LogP contribution in [0.5, 0.6) is 0 Å². The van der Waals surface area contributed by atoms with Gasteiger partial charge < -0.3 is 10.1 Å². The summed E-state index contributed by atoms with van der Waals surface area (Å²) < 4.78 is 5.39. The Bertz CT molecular complexity index is 582. The largest absolute Gasteiger partial charge is 0.367 e. The lowest BCUT2D eigenvalue weighted by Crippen LogP contribution is -2.34. The Morgan fingerprint density at radius 2 is 2.14 bits per heavy atom. The summed E-state index contributed by atoms with van der Waals surface area (Å²) in [6, 6.07) is 9.57. The summed E-state index contributed by atoms with van der Waals surface area (Å²) >= 11 is 1.59. The van der Waals surface area contributed by atoms with Gasteiger partial charge in [0, 0.05) is 18.7 Å². The topological polar surface area (TPSA) is 51.2 Å². The molecular weight excluding hydrogens is 284 g/mol. The number of carbonyl (C=O) groups is 1. The summed E-state index contributed by atoms with van der Waals surface area (Å²) in [5, 5.41) is 6.04. The minimum atomic E-state index is -0.576. The van der Waals surface area contributed by atoms with Crippen LogP contribution >= 0.6 is 11.3 Å². The average molecular weight is 302 g/mol. The van der Waals surface area contributed by atoms with E-state index in [9.17, 15) is 4.79 Å².